The SMILES string of the molecule is CCC(CC)C(N)CNc1ccncc1. The molecule has 1 rings (SSSR count). The molecule has 1 atom stereocenters. The molecule has 1 unspecified atom stereocenters. The quantitative estimate of drug-likeness (QED) is 0.752. The molecule has 0 aromatic carbocycles. The Balaban J connectivity index is 2.36. The highest BCUT2D eigenvalue weighted by Gasteiger charge is 2.13. The van der Waals surface area contributed by atoms with Gasteiger partial charge in [-0.1, -0.05) is 26.7 Å². The van der Waals surface area contributed by atoms with Crippen molar-refractivity contribution in [2.75, 3.05) is 11.9 Å². The maximum Gasteiger partial charge on any atom is 0.0371 e. The van der Waals surface area contributed by atoms with Gasteiger partial charge in [0.1, 0.15) is 0 Å². The van der Waals surface area contributed by atoms with Crippen LogP contribution in [-0.2, 0) is 0 Å². The first-order chi connectivity index (χ1) is 7.27. The third kappa shape index (κ3) is 3.88. The fourth-order valence-electron chi connectivity index (χ4n) is 1.77. The van der Waals surface area contributed by atoms with Gasteiger partial charge in [0.25, 0.3) is 0 Å². The smallest absolute Gasteiger partial charge is 0.0371 e. The van der Waals surface area contributed by atoms with Gasteiger partial charge in [0.05, 0.1) is 0 Å². The molecule has 0 aliphatic carbocycles. The Morgan fingerprint density at radius 3 is 2.40 bits per heavy atom. The van der Waals surface area contributed by atoms with Crippen LogP contribution < -0.4 is 11.1 Å². The Morgan fingerprint density at radius 2 is 1.87 bits per heavy atom. The third-order valence-electron chi connectivity index (χ3n) is 2.88. The van der Waals surface area contributed by atoms with Crippen LogP contribution in [0.3, 0.4) is 0 Å². The minimum absolute atomic E-state index is 0.230. The average molecular weight is 207 g/mol. The van der Waals surface area contributed by atoms with Crippen molar-refractivity contribution in [1.29, 1.82) is 0 Å². The highest BCUT2D eigenvalue weighted by atomic mass is 14.9. The van der Waals surface area contributed by atoms with Gasteiger partial charge >= 0.3 is 0 Å². The molecular formula is C12H21N3. The van der Waals surface area contributed by atoms with E-state index in [9.17, 15) is 0 Å². The van der Waals surface area contributed by atoms with Crippen LogP contribution in [-0.4, -0.2) is 17.6 Å². The van der Waals surface area contributed by atoms with E-state index in [-0.39, 0.29) is 6.04 Å². The molecule has 1 aromatic heterocycles. The van der Waals surface area contributed by atoms with E-state index in [0.717, 1.165) is 25.1 Å². The molecule has 0 aliphatic rings. The second kappa shape index (κ2) is 6.40. The van der Waals surface area contributed by atoms with E-state index < -0.39 is 0 Å². The highest BCUT2D eigenvalue weighted by molar-refractivity contribution is 5.40. The van der Waals surface area contributed by atoms with Crippen LogP contribution in [0, 0.1) is 5.92 Å². The number of aromatic nitrogens is 1. The Labute approximate surface area is 92.1 Å². The molecule has 84 valence electrons. The molecule has 0 spiro atoms. The summed E-state index contributed by atoms with van der Waals surface area (Å²) in [5.74, 6) is 0.610. The predicted molar refractivity (Wildman–Crippen MR) is 64.8 cm³/mol. The lowest BCUT2D eigenvalue weighted by Gasteiger charge is -2.21. The zero-order valence-corrected chi connectivity index (χ0v) is 9.61. The van der Waals surface area contributed by atoms with Gasteiger partial charge in [-0.15, -0.1) is 0 Å². The van der Waals surface area contributed by atoms with Gasteiger partial charge in [0.15, 0.2) is 0 Å². The molecule has 15 heavy (non-hydrogen) atoms. The first kappa shape index (κ1) is 12.0. The maximum atomic E-state index is 6.11. The summed E-state index contributed by atoms with van der Waals surface area (Å²) in [7, 11) is 0. The highest BCUT2D eigenvalue weighted by Crippen LogP contribution is 2.12. The minimum atomic E-state index is 0.230. The van der Waals surface area contributed by atoms with Gasteiger partial charge in [-0.05, 0) is 18.1 Å². The molecule has 0 bridgehead atoms. The summed E-state index contributed by atoms with van der Waals surface area (Å²) >= 11 is 0. The molecule has 0 radical (unpaired) electrons. The van der Waals surface area contributed by atoms with Crippen molar-refractivity contribution in [2.45, 2.75) is 32.7 Å². The van der Waals surface area contributed by atoms with Crippen molar-refractivity contribution >= 4 is 5.69 Å². The summed E-state index contributed by atoms with van der Waals surface area (Å²) in [5, 5.41) is 3.33. The van der Waals surface area contributed by atoms with Crippen LogP contribution >= 0.6 is 0 Å². The molecule has 0 saturated carbocycles. The molecule has 0 amide bonds. The zero-order valence-electron chi connectivity index (χ0n) is 9.61. The van der Waals surface area contributed by atoms with E-state index in [1.54, 1.807) is 12.4 Å². The topological polar surface area (TPSA) is 50.9 Å². The fourth-order valence-corrected chi connectivity index (χ4v) is 1.77. The van der Waals surface area contributed by atoms with Crippen LogP contribution in [0.15, 0.2) is 24.5 Å². The molecule has 0 fully saturated rings. The molecule has 0 saturated heterocycles. The predicted octanol–water partition coefficient (Wildman–Crippen LogP) is 2.26. The summed E-state index contributed by atoms with van der Waals surface area (Å²) in [6, 6.07) is 4.15. The van der Waals surface area contributed by atoms with Gasteiger partial charge < -0.3 is 11.1 Å². The van der Waals surface area contributed by atoms with Crippen molar-refractivity contribution in [2.24, 2.45) is 11.7 Å². The Kier molecular flexibility index (Phi) is 5.12. The van der Waals surface area contributed by atoms with E-state index in [4.69, 9.17) is 5.73 Å². The molecule has 3 heteroatoms. The van der Waals surface area contributed by atoms with Crippen LogP contribution in [0.2, 0.25) is 0 Å². The van der Waals surface area contributed by atoms with E-state index in [2.05, 4.69) is 24.1 Å². The lowest BCUT2D eigenvalue weighted by Crippen LogP contribution is -2.36. The monoisotopic (exact) mass is 207 g/mol. The largest absolute Gasteiger partial charge is 0.383 e. The molecule has 1 heterocycles. The molecule has 3 nitrogen and oxygen atoms in total. The normalized spacial score (nSPS) is 12.8. The summed E-state index contributed by atoms with van der Waals surface area (Å²) in [6.07, 6.45) is 5.86. The van der Waals surface area contributed by atoms with Crippen molar-refractivity contribution in [3.05, 3.63) is 24.5 Å². The van der Waals surface area contributed by atoms with E-state index in [1.807, 2.05) is 12.1 Å². The van der Waals surface area contributed by atoms with Crippen LogP contribution in [0.1, 0.15) is 26.7 Å². The van der Waals surface area contributed by atoms with Crippen molar-refractivity contribution in [3.8, 4) is 0 Å². The number of hydrogen-bond acceptors (Lipinski definition) is 3. The second-order valence-electron chi connectivity index (χ2n) is 3.86. The van der Waals surface area contributed by atoms with Crippen LogP contribution in [0.5, 0.6) is 0 Å². The van der Waals surface area contributed by atoms with E-state index >= 15 is 0 Å². The summed E-state index contributed by atoms with van der Waals surface area (Å²) in [5.41, 5.74) is 7.20. The molecular weight excluding hydrogens is 186 g/mol. The lowest BCUT2D eigenvalue weighted by atomic mass is 9.95. The van der Waals surface area contributed by atoms with Gasteiger partial charge in [0, 0.05) is 30.7 Å². The molecule has 0 aliphatic heterocycles. The number of rotatable bonds is 6. The Morgan fingerprint density at radius 1 is 1.27 bits per heavy atom. The third-order valence-corrected chi connectivity index (χ3v) is 2.88. The maximum absolute atomic E-state index is 6.11. The first-order valence-corrected chi connectivity index (χ1v) is 5.67. The van der Waals surface area contributed by atoms with E-state index in [1.165, 1.54) is 0 Å². The minimum Gasteiger partial charge on any atom is -0.383 e. The van der Waals surface area contributed by atoms with Crippen LogP contribution in [0.4, 0.5) is 5.69 Å². The fraction of sp³-hybridized carbons (Fsp3) is 0.583. The summed E-state index contributed by atoms with van der Waals surface area (Å²) < 4.78 is 0. The average Bonchev–Trinajstić information content (AvgIpc) is 2.29. The zero-order chi connectivity index (χ0) is 11.1. The Bertz CT molecular complexity index is 257. The van der Waals surface area contributed by atoms with Gasteiger partial charge in [-0.2, -0.15) is 0 Å². The summed E-state index contributed by atoms with van der Waals surface area (Å²) in [6.45, 7) is 5.22. The summed E-state index contributed by atoms with van der Waals surface area (Å²) in [4.78, 5) is 3.97. The van der Waals surface area contributed by atoms with Crippen molar-refractivity contribution < 1.29 is 0 Å². The van der Waals surface area contributed by atoms with Crippen LogP contribution in [0.25, 0.3) is 0 Å². The number of hydrogen-bond donors (Lipinski definition) is 2. The second-order valence-corrected chi connectivity index (χ2v) is 3.86. The number of nitrogens with two attached hydrogens (primary N) is 1. The van der Waals surface area contributed by atoms with Crippen molar-refractivity contribution in [1.82, 2.24) is 4.98 Å². The number of anilines is 1. The molecule has 1 aromatic rings. The lowest BCUT2D eigenvalue weighted by molar-refractivity contribution is 0.407. The van der Waals surface area contributed by atoms with Gasteiger partial charge in [0.2, 0.25) is 0 Å². The molecule has 3 N–H and O–H groups in total. The Hall–Kier alpha value is -1.09. The standard InChI is InChI=1S/C12H21N3/c1-3-10(4-2)12(13)9-15-11-5-7-14-8-6-11/h5-8,10,12H,3-4,9,13H2,1-2H3,(H,14,15). The number of pyridine rings is 1. The van der Waals surface area contributed by atoms with Crippen molar-refractivity contribution in [3.63, 3.8) is 0 Å². The first-order valence-electron chi connectivity index (χ1n) is 5.67. The number of nitrogens with zero attached hydrogens (tertiary/aromatic N) is 1. The van der Waals surface area contributed by atoms with Gasteiger partial charge in [-0.3, -0.25) is 4.98 Å². The number of nitrogens with one attached hydrogen (secondary N) is 1. The van der Waals surface area contributed by atoms with E-state index in [0.29, 0.717) is 5.92 Å². The van der Waals surface area contributed by atoms with Gasteiger partial charge in [-0.25, -0.2) is 0 Å².